The van der Waals surface area contributed by atoms with Crippen molar-refractivity contribution in [3.05, 3.63) is 66.7 Å². The van der Waals surface area contributed by atoms with Crippen molar-refractivity contribution in [2.45, 2.75) is 12.8 Å². The fourth-order valence-electron chi connectivity index (χ4n) is 3.35. The molecular formula is C21H20FN5O. The van der Waals surface area contributed by atoms with E-state index in [1.165, 1.54) is 12.1 Å². The lowest BCUT2D eigenvalue weighted by Crippen LogP contribution is -2.41. The van der Waals surface area contributed by atoms with Crippen molar-refractivity contribution in [2.24, 2.45) is 5.92 Å². The third-order valence-electron chi connectivity index (χ3n) is 4.85. The molecule has 7 heteroatoms. The highest BCUT2D eigenvalue weighted by Crippen LogP contribution is 2.24. The number of rotatable bonds is 4. The van der Waals surface area contributed by atoms with Crippen LogP contribution in [-0.2, 0) is 4.79 Å². The van der Waals surface area contributed by atoms with Gasteiger partial charge in [0.05, 0.1) is 11.6 Å². The first kappa shape index (κ1) is 18.0. The fraction of sp³-hybridized carbons (Fsp3) is 0.238. The van der Waals surface area contributed by atoms with Gasteiger partial charge >= 0.3 is 0 Å². The predicted octanol–water partition coefficient (Wildman–Crippen LogP) is 3.53. The molecule has 0 aliphatic carbocycles. The molecule has 3 heterocycles. The summed E-state index contributed by atoms with van der Waals surface area (Å²) in [5.74, 6) is 0.359. The normalized spacial score (nSPS) is 16.6. The summed E-state index contributed by atoms with van der Waals surface area (Å²) in [5, 5.41) is 11.5. The van der Waals surface area contributed by atoms with Crippen LogP contribution in [0.5, 0.6) is 0 Å². The van der Waals surface area contributed by atoms with E-state index >= 15 is 0 Å². The summed E-state index contributed by atoms with van der Waals surface area (Å²) >= 11 is 0. The molecule has 0 bridgehead atoms. The maximum absolute atomic E-state index is 13.1. The Kier molecular flexibility index (Phi) is 5.23. The number of carbonyl (C=O) groups excluding carboxylic acids is 1. The number of piperidine rings is 1. The number of nitrogens with one attached hydrogen (secondary N) is 1. The number of halogens is 1. The van der Waals surface area contributed by atoms with Gasteiger partial charge in [0.25, 0.3) is 0 Å². The Morgan fingerprint density at radius 2 is 1.82 bits per heavy atom. The molecule has 6 nitrogen and oxygen atoms in total. The number of carbonyl (C=O) groups is 1. The smallest absolute Gasteiger partial charge is 0.229 e. The molecular weight excluding hydrogens is 357 g/mol. The van der Waals surface area contributed by atoms with E-state index in [0.29, 0.717) is 12.2 Å². The molecule has 1 saturated heterocycles. The number of aromatic nitrogens is 3. The molecule has 1 fully saturated rings. The van der Waals surface area contributed by atoms with Crippen molar-refractivity contribution in [1.82, 2.24) is 15.2 Å². The molecule has 28 heavy (non-hydrogen) atoms. The lowest BCUT2D eigenvalue weighted by Gasteiger charge is -2.32. The van der Waals surface area contributed by atoms with Crippen molar-refractivity contribution < 1.29 is 9.18 Å². The van der Waals surface area contributed by atoms with Gasteiger partial charge in [-0.15, -0.1) is 10.2 Å². The molecule has 1 N–H and O–H groups in total. The third kappa shape index (κ3) is 4.14. The molecule has 0 radical (unpaired) electrons. The van der Waals surface area contributed by atoms with Crippen LogP contribution in [0.25, 0.3) is 11.3 Å². The van der Waals surface area contributed by atoms with Crippen LogP contribution in [0, 0.1) is 11.7 Å². The summed E-state index contributed by atoms with van der Waals surface area (Å²) in [7, 11) is 0. The standard InChI is InChI=1S/C21H20FN5O/c22-17-5-3-15(4-6-17)19-7-8-20(26-25-19)27-13-1-2-16(14-27)21(28)24-18-9-11-23-12-10-18/h3-12,16H,1-2,13-14H2,(H,23,24,28). The van der Waals surface area contributed by atoms with Gasteiger partial charge in [0.15, 0.2) is 5.82 Å². The highest BCUT2D eigenvalue weighted by atomic mass is 19.1. The zero-order valence-electron chi connectivity index (χ0n) is 15.3. The van der Waals surface area contributed by atoms with E-state index in [-0.39, 0.29) is 17.6 Å². The van der Waals surface area contributed by atoms with Crippen LogP contribution in [0.4, 0.5) is 15.9 Å². The first-order chi connectivity index (χ1) is 13.7. The third-order valence-corrected chi connectivity index (χ3v) is 4.85. The summed E-state index contributed by atoms with van der Waals surface area (Å²) in [6.07, 6.45) is 5.06. The lowest BCUT2D eigenvalue weighted by molar-refractivity contribution is -0.120. The summed E-state index contributed by atoms with van der Waals surface area (Å²) in [4.78, 5) is 18.6. The Hall–Kier alpha value is -3.35. The van der Waals surface area contributed by atoms with E-state index in [9.17, 15) is 9.18 Å². The number of pyridine rings is 1. The van der Waals surface area contributed by atoms with Crippen molar-refractivity contribution in [3.63, 3.8) is 0 Å². The molecule has 1 atom stereocenters. The molecule has 1 amide bonds. The first-order valence-corrected chi connectivity index (χ1v) is 9.24. The summed E-state index contributed by atoms with van der Waals surface area (Å²) in [6, 6.07) is 13.5. The monoisotopic (exact) mass is 377 g/mol. The molecule has 1 aliphatic rings. The van der Waals surface area contributed by atoms with E-state index in [2.05, 4.69) is 25.4 Å². The Bertz CT molecular complexity index is 931. The second kappa shape index (κ2) is 8.12. The van der Waals surface area contributed by atoms with Crippen LogP contribution in [-0.4, -0.2) is 34.2 Å². The molecule has 1 aliphatic heterocycles. The van der Waals surface area contributed by atoms with Crippen molar-refractivity contribution in [2.75, 3.05) is 23.3 Å². The summed E-state index contributed by atoms with van der Waals surface area (Å²) < 4.78 is 13.1. The van der Waals surface area contributed by atoms with Gasteiger partial charge in [-0.1, -0.05) is 0 Å². The summed E-state index contributed by atoms with van der Waals surface area (Å²) in [6.45, 7) is 1.44. The first-order valence-electron chi connectivity index (χ1n) is 9.24. The van der Waals surface area contributed by atoms with E-state index in [0.717, 1.165) is 36.5 Å². The van der Waals surface area contributed by atoms with E-state index in [1.807, 2.05) is 12.1 Å². The zero-order chi connectivity index (χ0) is 19.3. The topological polar surface area (TPSA) is 71.0 Å². The highest BCUT2D eigenvalue weighted by Gasteiger charge is 2.26. The van der Waals surface area contributed by atoms with Crippen LogP contribution in [0.3, 0.4) is 0 Å². The minimum Gasteiger partial charge on any atom is -0.354 e. The van der Waals surface area contributed by atoms with Gasteiger partial charge in [-0.25, -0.2) is 4.39 Å². The van der Waals surface area contributed by atoms with Crippen LogP contribution in [0.2, 0.25) is 0 Å². The maximum atomic E-state index is 13.1. The van der Waals surface area contributed by atoms with E-state index in [1.54, 1.807) is 36.7 Å². The van der Waals surface area contributed by atoms with Gasteiger partial charge in [0, 0.05) is 36.7 Å². The SMILES string of the molecule is O=C(Nc1ccncc1)C1CCCN(c2ccc(-c3ccc(F)cc3)nn2)C1. The minimum absolute atomic E-state index is 0.00629. The maximum Gasteiger partial charge on any atom is 0.229 e. The molecule has 1 unspecified atom stereocenters. The Labute approximate surface area is 162 Å². The van der Waals surface area contributed by atoms with Crippen LogP contribution < -0.4 is 10.2 Å². The average Bonchev–Trinajstić information content (AvgIpc) is 2.75. The second-order valence-electron chi connectivity index (χ2n) is 6.79. The molecule has 3 aromatic rings. The van der Waals surface area contributed by atoms with Crippen molar-refractivity contribution >= 4 is 17.4 Å². The number of benzene rings is 1. The number of hydrogen-bond acceptors (Lipinski definition) is 5. The van der Waals surface area contributed by atoms with Crippen molar-refractivity contribution in [3.8, 4) is 11.3 Å². The van der Waals surface area contributed by atoms with Gasteiger partial charge < -0.3 is 10.2 Å². The quantitative estimate of drug-likeness (QED) is 0.753. The molecule has 142 valence electrons. The van der Waals surface area contributed by atoms with Crippen LogP contribution in [0.15, 0.2) is 60.9 Å². The van der Waals surface area contributed by atoms with E-state index in [4.69, 9.17) is 0 Å². The number of amides is 1. The number of hydrogen-bond donors (Lipinski definition) is 1. The largest absolute Gasteiger partial charge is 0.354 e. The average molecular weight is 377 g/mol. The highest BCUT2D eigenvalue weighted by molar-refractivity contribution is 5.92. The van der Waals surface area contributed by atoms with Gasteiger partial charge in [0.1, 0.15) is 5.82 Å². The Balaban J connectivity index is 1.42. The molecule has 4 rings (SSSR count). The zero-order valence-corrected chi connectivity index (χ0v) is 15.3. The van der Waals surface area contributed by atoms with E-state index < -0.39 is 0 Å². The van der Waals surface area contributed by atoms with Gasteiger partial charge in [0.2, 0.25) is 5.91 Å². The lowest BCUT2D eigenvalue weighted by atomic mass is 9.97. The molecule has 1 aromatic carbocycles. The second-order valence-corrected chi connectivity index (χ2v) is 6.79. The van der Waals surface area contributed by atoms with Gasteiger partial charge in [-0.2, -0.15) is 0 Å². The fourth-order valence-corrected chi connectivity index (χ4v) is 3.35. The molecule has 2 aromatic heterocycles. The minimum atomic E-state index is -0.280. The molecule has 0 saturated carbocycles. The number of anilines is 2. The number of nitrogens with zero attached hydrogens (tertiary/aromatic N) is 4. The van der Waals surface area contributed by atoms with Crippen LogP contribution in [0.1, 0.15) is 12.8 Å². The Morgan fingerprint density at radius 1 is 1.04 bits per heavy atom. The van der Waals surface area contributed by atoms with Gasteiger partial charge in [-0.3, -0.25) is 9.78 Å². The predicted molar refractivity (Wildman–Crippen MR) is 105 cm³/mol. The van der Waals surface area contributed by atoms with Crippen LogP contribution >= 0.6 is 0 Å². The molecule has 0 spiro atoms. The van der Waals surface area contributed by atoms with Gasteiger partial charge in [-0.05, 0) is 61.4 Å². The van der Waals surface area contributed by atoms with Crippen molar-refractivity contribution in [1.29, 1.82) is 0 Å². The summed E-state index contributed by atoms with van der Waals surface area (Å²) in [5.41, 5.74) is 2.25. The Morgan fingerprint density at radius 3 is 2.54 bits per heavy atom.